The number of hydrogen-bond acceptors (Lipinski definition) is 5. The second-order valence-corrected chi connectivity index (χ2v) is 6.08. The van der Waals surface area contributed by atoms with Gasteiger partial charge in [-0.25, -0.2) is 9.59 Å². The molecule has 0 aliphatic heterocycles. The maximum absolute atomic E-state index is 9.10. The van der Waals surface area contributed by atoms with Crippen molar-refractivity contribution in [1.29, 1.82) is 0 Å². The van der Waals surface area contributed by atoms with Crippen LogP contribution in [-0.2, 0) is 14.3 Å². The summed E-state index contributed by atoms with van der Waals surface area (Å²) in [6, 6.07) is 6.04. The summed E-state index contributed by atoms with van der Waals surface area (Å²) in [4.78, 5) is 18.2. The summed E-state index contributed by atoms with van der Waals surface area (Å²) in [7, 11) is 0. The first-order chi connectivity index (χ1) is 11.2. The van der Waals surface area contributed by atoms with Crippen molar-refractivity contribution in [3.63, 3.8) is 0 Å². The van der Waals surface area contributed by atoms with E-state index in [9.17, 15) is 0 Å². The first kappa shape index (κ1) is 22.6. The lowest BCUT2D eigenvalue weighted by Crippen LogP contribution is -2.27. The predicted molar refractivity (Wildman–Crippen MR) is 93.9 cm³/mol. The van der Waals surface area contributed by atoms with E-state index in [-0.39, 0.29) is 0 Å². The standard InChI is InChI=1S/C13H19BrClNO2.C2H2O4/c1-10(2)16-5-6-17-7-8-18-13-4-3-11(14)9-12(13)15;3-1(4)2(5)6/h3-4,9-10,16H,5-8H2,1-2H3;(H,3,4)(H,5,6). The van der Waals surface area contributed by atoms with E-state index in [1.165, 1.54) is 0 Å². The van der Waals surface area contributed by atoms with Crippen molar-refractivity contribution in [2.45, 2.75) is 19.9 Å². The van der Waals surface area contributed by atoms with Gasteiger partial charge in [-0.3, -0.25) is 0 Å². The molecule has 136 valence electrons. The summed E-state index contributed by atoms with van der Waals surface area (Å²) < 4.78 is 11.9. The van der Waals surface area contributed by atoms with E-state index >= 15 is 0 Å². The molecule has 0 unspecified atom stereocenters. The normalized spacial score (nSPS) is 10.0. The van der Waals surface area contributed by atoms with E-state index in [1.54, 1.807) is 0 Å². The van der Waals surface area contributed by atoms with Gasteiger partial charge >= 0.3 is 11.9 Å². The van der Waals surface area contributed by atoms with Crippen LogP contribution in [0, 0.1) is 0 Å². The highest BCUT2D eigenvalue weighted by Gasteiger charge is 2.04. The minimum absolute atomic E-state index is 0.492. The Balaban J connectivity index is 0.000000754. The highest BCUT2D eigenvalue weighted by Crippen LogP contribution is 2.27. The lowest BCUT2D eigenvalue weighted by molar-refractivity contribution is -0.159. The molecule has 0 bridgehead atoms. The van der Waals surface area contributed by atoms with Gasteiger partial charge in [0.05, 0.1) is 18.2 Å². The molecule has 1 aromatic rings. The second-order valence-electron chi connectivity index (χ2n) is 4.75. The van der Waals surface area contributed by atoms with Gasteiger partial charge in [0, 0.05) is 17.1 Å². The van der Waals surface area contributed by atoms with Gasteiger partial charge in [-0.2, -0.15) is 0 Å². The molecule has 0 aliphatic carbocycles. The van der Waals surface area contributed by atoms with Gasteiger partial charge in [0.1, 0.15) is 12.4 Å². The molecule has 0 fully saturated rings. The summed E-state index contributed by atoms with van der Waals surface area (Å²) in [5, 5.41) is 18.7. The molecule has 0 amide bonds. The fourth-order valence-corrected chi connectivity index (χ4v) is 2.05. The van der Waals surface area contributed by atoms with Crippen LogP contribution in [0.25, 0.3) is 0 Å². The summed E-state index contributed by atoms with van der Waals surface area (Å²) in [6.07, 6.45) is 0. The van der Waals surface area contributed by atoms with Gasteiger partial charge < -0.3 is 25.0 Å². The molecule has 0 spiro atoms. The third-order valence-corrected chi connectivity index (χ3v) is 3.15. The second kappa shape index (κ2) is 13.0. The zero-order valence-electron chi connectivity index (χ0n) is 13.4. The predicted octanol–water partition coefficient (Wildman–Crippen LogP) is 2.65. The van der Waals surface area contributed by atoms with Crippen molar-refractivity contribution >= 4 is 39.5 Å². The molecular weight excluding hydrogens is 406 g/mol. The SMILES string of the molecule is CC(C)NCCOCCOc1ccc(Br)cc1Cl.O=C(O)C(=O)O. The molecule has 0 radical (unpaired) electrons. The Morgan fingerprint density at radius 1 is 1.21 bits per heavy atom. The van der Waals surface area contributed by atoms with Crippen LogP contribution in [-0.4, -0.2) is 54.6 Å². The molecule has 0 aromatic heterocycles. The lowest BCUT2D eigenvalue weighted by Gasteiger charge is -2.10. The van der Waals surface area contributed by atoms with Crippen molar-refractivity contribution in [2.75, 3.05) is 26.4 Å². The molecule has 7 nitrogen and oxygen atoms in total. The monoisotopic (exact) mass is 425 g/mol. The Kier molecular flexibility index (Phi) is 12.3. The Morgan fingerprint density at radius 2 is 1.83 bits per heavy atom. The van der Waals surface area contributed by atoms with Gasteiger partial charge in [0.25, 0.3) is 0 Å². The van der Waals surface area contributed by atoms with Crippen molar-refractivity contribution in [1.82, 2.24) is 5.32 Å². The van der Waals surface area contributed by atoms with Gasteiger partial charge in [0.2, 0.25) is 0 Å². The lowest BCUT2D eigenvalue weighted by atomic mass is 10.3. The van der Waals surface area contributed by atoms with Crippen LogP contribution in [0.3, 0.4) is 0 Å². The number of ether oxygens (including phenoxy) is 2. The highest BCUT2D eigenvalue weighted by molar-refractivity contribution is 9.10. The van der Waals surface area contributed by atoms with E-state index in [2.05, 4.69) is 35.1 Å². The molecule has 3 N–H and O–H groups in total. The summed E-state index contributed by atoms with van der Waals surface area (Å²) in [6.45, 7) is 6.83. The Hall–Kier alpha value is -1.35. The van der Waals surface area contributed by atoms with Crippen LogP contribution in [0.15, 0.2) is 22.7 Å². The third kappa shape index (κ3) is 12.1. The van der Waals surface area contributed by atoms with Crippen LogP contribution in [0.2, 0.25) is 5.02 Å². The van der Waals surface area contributed by atoms with E-state index in [0.29, 0.717) is 36.6 Å². The van der Waals surface area contributed by atoms with E-state index in [1.807, 2.05) is 18.2 Å². The molecule has 1 rings (SSSR count). The summed E-state index contributed by atoms with van der Waals surface area (Å²) in [5.74, 6) is -2.96. The minimum atomic E-state index is -1.82. The number of halogens is 2. The number of carbonyl (C=O) groups is 2. The Bertz CT molecular complexity index is 515. The quantitative estimate of drug-likeness (QED) is 0.433. The number of benzene rings is 1. The molecule has 0 saturated carbocycles. The van der Waals surface area contributed by atoms with Gasteiger partial charge in [-0.05, 0) is 18.2 Å². The molecule has 0 aliphatic rings. The first-order valence-corrected chi connectivity index (χ1v) is 8.26. The van der Waals surface area contributed by atoms with E-state index in [4.69, 9.17) is 40.9 Å². The zero-order valence-corrected chi connectivity index (χ0v) is 15.8. The molecular formula is C15H21BrClNO6. The largest absolute Gasteiger partial charge is 0.490 e. The van der Waals surface area contributed by atoms with E-state index < -0.39 is 11.9 Å². The topological polar surface area (TPSA) is 105 Å². The number of rotatable bonds is 8. The number of carboxylic acids is 2. The summed E-state index contributed by atoms with van der Waals surface area (Å²) in [5.41, 5.74) is 0. The van der Waals surface area contributed by atoms with Crippen LogP contribution in [0.4, 0.5) is 0 Å². The maximum atomic E-state index is 9.10. The number of nitrogens with one attached hydrogen (secondary N) is 1. The Labute approximate surface area is 154 Å². The molecule has 24 heavy (non-hydrogen) atoms. The maximum Gasteiger partial charge on any atom is 0.414 e. The fraction of sp³-hybridized carbons (Fsp3) is 0.467. The average molecular weight is 427 g/mol. The first-order valence-electron chi connectivity index (χ1n) is 7.09. The van der Waals surface area contributed by atoms with Crippen molar-refractivity contribution in [3.05, 3.63) is 27.7 Å². The Morgan fingerprint density at radius 3 is 2.33 bits per heavy atom. The highest BCUT2D eigenvalue weighted by atomic mass is 79.9. The van der Waals surface area contributed by atoms with Crippen molar-refractivity contribution < 1.29 is 29.3 Å². The number of aliphatic carboxylic acids is 2. The van der Waals surface area contributed by atoms with Gasteiger partial charge in [-0.15, -0.1) is 0 Å². The zero-order chi connectivity index (χ0) is 18.5. The third-order valence-electron chi connectivity index (χ3n) is 2.36. The van der Waals surface area contributed by atoms with Crippen LogP contribution < -0.4 is 10.1 Å². The molecule has 1 aromatic carbocycles. The van der Waals surface area contributed by atoms with Crippen LogP contribution in [0.5, 0.6) is 5.75 Å². The van der Waals surface area contributed by atoms with Gasteiger partial charge in [-0.1, -0.05) is 41.4 Å². The van der Waals surface area contributed by atoms with Crippen LogP contribution in [0.1, 0.15) is 13.8 Å². The van der Waals surface area contributed by atoms with Gasteiger partial charge in [0.15, 0.2) is 0 Å². The van der Waals surface area contributed by atoms with Crippen molar-refractivity contribution in [2.24, 2.45) is 0 Å². The van der Waals surface area contributed by atoms with Crippen LogP contribution >= 0.6 is 27.5 Å². The smallest absolute Gasteiger partial charge is 0.414 e. The molecule has 0 saturated heterocycles. The average Bonchev–Trinajstić information content (AvgIpc) is 2.48. The fourth-order valence-electron chi connectivity index (χ4n) is 1.32. The summed E-state index contributed by atoms with van der Waals surface area (Å²) >= 11 is 9.37. The number of carboxylic acid groups (broad SMARTS) is 2. The number of hydrogen-bond donors (Lipinski definition) is 3. The molecule has 0 atom stereocenters. The van der Waals surface area contributed by atoms with Crippen molar-refractivity contribution in [3.8, 4) is 5.75 Å². The molecule has 0 heterocycles. The molecule has 9 heteroatoms. The van der Waals surface area contributed by atoms with E-state index in [0.717, 1.165) is 11.0 Å². The minimum Gasteiger partial charge on any atom is -0.490 e.